The van der Waals surface area contributed by atoms with Gasteiger partial charge in [0.05, 0.1) is 13.2 Å². The van der Waals surface area contributed by atoms with Gasteiger partial charge >= 0.3 is 0 Å². The first-order valence-electron chi connectivity index (χ1n) is 7.48. The van der Waals surface area contributed by atoms with Crippen molar-refractivity contribution in [2.75, 3.05) is 26.3 Å². The smallest absolute Gasteiger partial charge is 0.0594 e. The molecule has 0 radical (unpaired) electrons. The molecule has 1 unspecified atom stereocenters. The van der Waals surface area contributed by atoms with Gasteiger partial charge in [0.2, 0.25) is 0 Å². The maximum Gasteiger partial charge on any atom is 0.0594 e. The lowest BCUT2D eigenvalue weighted by Crippen LogP contribution is -2.41. The molecule has 2 heteroatoms. The molecule has 0 bridgehead atoms. The van der Waals surface area contributed by atoms with Crippen LogP contribution in [0.15, 0.2) is 42.5 Å². The third-order valence-electron chi connectivity index (χ3n) is 4.28. The number of ether oxygens (including phenoxy) is 1. The molecule has 1 aromatic rings. The molecule has 3 rings (SSSR count). The van der Waals surface area contributed by atoms with Crippen LogP contribution in [-0.4, -0.2) is 31.2 Å². The van der Waals surface area contributed by atoms with E-state index in [4.69, 9.17) is 4.74 Å². The predicted octanol–water partition coefficient (Wildman–Crippen LogP) is 3.42. The molecule has 1 aliphatic carbocycles. The van der Waals surface area contributed by atoms with Crippen molar-refractivity contribution in [1.82, 2.24) is 4.90 Å². The molecule has 0 spiro atoms. The molecular weight excluding hydrogens is 234 g/mol. The van der Waals surface area contributed by atoms with E-state index in [0.717, 1.165) is 26.3 Å². The van der Waals surface area contributed by atoms with Gasteiger partial charge in [0.1, 0.15) is 0 Å². The van der Waals surface area contributed by atoms with Crippen molar-refractivity contribution in [3.05, 3.63) is 48.0 Å². The third kappa shape index (κ3) is 3.07. The minimum Gasteiger partial charge on any atom is -0.379 e. The normalized spacial score (nSPS) is 26.2. The Kier molecular flexibility index (Phi) is 4.31. The summed E-state index contributed by atoms with van der Waals surface area (Å²) in [6, 6.07) is 11.5. The molecule has 1 saturated heterocycles. The first kappa shape index (κ1) is 12.9. The second-order valence-corrected chi connectivity index (χ2v) is 5.53. The van der Waals surface area contributed by atoms with Crippen LogP contribution < -0.4 is 0 Å². The molecule has 102 valence electrons. The van der Waals surface area contributed by atoms with Gasteiger partial charge in [-0.15, -0.1) is 0 Å². The average molecular weight is 257 g/mol. The second-order valence-electron chi connectivity index (χ2n) is 5.53. The molecule has 0 aromatic heterocycles. The fourth-order valence-corrected chi connectivity index (χ4v) is 3.34. The van der Waals surface area contributed by atoms with Gasteiger partial charge in [-0.25, -0.2) is 0 Å². The van der Waals surface area contributed by atoms with Gasteiger partial charge in [-0.2, -0.15) is 0 Å². The van der Waals surface area contributed by atoms with Gasteiger partial charge in [0.15, 0.2) is 0 Å². The highest BCUT2D eigenvalue weighted by molar-refractivity contribution is 5.22. The Bertz CT molecular complexity index is 409. The van der Waals surface area contributed by atoms with Crippen LogP contribution in [0.4, 0.5) is 0 Å². The number of nitrogens with zero attached hydrogens (tertiary/aromatic N) is 1. The number of rotatable bonds is 3. The van der Waals surface area contributed by atoms with Crippen LogP contribution in [0, 0.1) is 5.92 Å². The van der Waals surface area contributed by atoms with Crippen LogP contribution in [-0.2, 0) is 4.74 Å². The van der Waals surface area contributed by atoms with E-state index in [9.17, 15) is 0 Å². The molecule has 2 aliphatic rings. The third-order valence-corrected chi connectivity index (χ3v) is 4.28. The molecule has 1 fully saturated rings. The van der Waals surface area contributed by atoms with E-state index in [0.29, 0.717) is 12.0 Å². The van der Waals surface area contributed by atoms with Crippen molar-refractivity contribution < 1.29 is 4.74 Å². The number of benzene rings is 1. The Balaban J connectivity index is 1.85. The lowest BCUT2D eigenvalue weighted by atomic mass is 9.84. The molecule has 1 aliphatic heterocycles. The van der Waals surface area contributed by atoms with Crippen LogP contribution in [0.1, 0.15) is 30.9 Å². The van der Waals surface area contributed by atoms with Gasteiger partial charge in [0.25, 0.3) is 0 Å². The Morgan fingerprint density at radius 3 is 2.58 bits per heavy atom. The summed E-state index contributed by atoms with van der Waals surface area (Å²) >= 11 is 0. The van der Waals surface area contributed by atoms with Crippen LogP contribution in [0.5, 0.6) is 0 Å². The largest absolute Gasteiger partial charge is 0.379 e. The summed E-state index contributed by atoms with van der Waals surface area (Å²) in [6.07, 6.45) is 8.70. The minimum absolute atomic E-state index is 0.529. The van der Waals surface area contributed by atoms with Crippen LogP contribution >= 0.6 is 0 Å². The Hall–Kier alpha value is -1.12. The highest BCUT2D eigenvalue weighted by atomic mass is 16.5. The summed E-state index contributed by atoms with van der Waals surface area (Å²) in [7, 11) is 0. The van der Waals surface area contributed by atoms with Crippen molar-refractivity contribution >= 4 is 0 Å². The first-order chi connectivity index (χ1) is 9.45. The zero-order valence-corrected chi connectivity index (χ0v) is 11.5. The zero-order valence-electron chi connectivity index (χ0n) is 11.5. The number of hydrogen-bond donors (Lipinski definition) is 0. The molecule has 19 heavy (non-hydrogen) atoms. The van der Waals surface area contributed by atoms with E-state index in [1.807, 2.05) is 0 Å². The van der Waals surface area contributed by atoms with Gasteiger partial charge in [0, 0.05) is 19.1 Å². The highest BCUT2D eigenvalue weighted by Crippen LogP contribution is 2.35. The number of morpholine rings is 1. The van der Waals surface area contributed by atoms with Gasteiger partial charge < -0.3 is 4.74 Å². The van der Waals surface area contributed by atoms with Crippen LogP contribution in [0.3, 0.4) is 0 Å². The van der Waals surface area contributed by atoms with Crippen molar-refractivity contribution in [2.24, 2.45) is 5.92 Å². The quantitative estimate of drug-likeness (QED) is 0.769. The van der Waals surface area contributed by atoms with Gasteiger partial charge in [-0.3, -0.25) is 4.90 Å². The Labute approximate surface area is 116 Å². The SMILES string of the molecule is C1=C[C@@H](C(c2ccccc2)N2CCOCC2)CCC1. The summed E-state index contributed by atoms with van der Waals surface area (Å²) in [5.41, 5.74) is 1.46. The summed E-state index contributed by atoms with van der Waals surface area (Å²) in [6.45, 7) is 3.87. The van der Waals surface area contributed by atoms with E-state index < -0.39 is 0 Å². The minimum atomic E-state index is 0.529. The summed E-state index contributed by atoms with van der Waals surface area (Å²) in [4.78, 5) is 2.61. The van der Waals surface area contributed by atoms with Crippen molar-refractivity contribution in [1.29, 1.82) is 0 Å². The molecule has 2 atom stereocenters. The van der Waals surface area contributed by atoms with E-state index in [1.54, 1.807) is 0 Å². The maximum absolute atomic E-state index is 5.51. The Morgan fingerprint density at radius 2 is 1.89 bits per heavy atom. The molecule has 1 heterocycles. The van der Waals surface area contributed by atoms with Crippen LogP contribution in [0.25, 0.3) is 0 Å². The summed E-state index contributed by atoms with van der Waals surface area (Å²) in [5, 5.41) is 0. The molecule has 0 saturated carbocycles. The summed E-state index contributed by atoms with van der Waals surface area (Å²) in [5.74, 6) is 0.661. The molecule has 2 nitrogen and oxygen atoms in total. The highest BCUT2D eigenvalue weighted by Gasteiger charge is 2.29. The molecular formula is C17H23NO. The lowest BCUT2D eigenvalue weighted by molar-refractivity contribution is 0.00534. The Morgan fingerprint density at radius 1 is 1.11 bits per heavy atom. The standard InChI is InChI=1S/C17H23NO/c1-3-7-15(8-4-1)17(16-9-5-2-6-10-16)18-11-13-19-14-12-18/h1,3-5,7-9,16-17H,2,6,10-14H2/t16-,17?/m1/s1. The molecule has 0 amide bonds. The lowest BCUT2D eigenvalue weighted by Gasteiger charge is -2.39. The van der Waals surface area contributed by atoms with Crippen LogP contribution in [0.2, 0.25) is 0 Å². The van der Waals surface area contributed by atoms with Crippen molar-refractivity contribution in [3.63, 3.8) is 0 Å². The first-order valence-corrected chi connectivity index (χ1v) is 7.48. The monoisotopic (exact) mass is 257 g/mol. The van der Waals surface area contributed by atoms with E-state index in [-0.39, 0.29) is 0 Å². The number of allylic oxidation sites excluding steroid dienone is 1. The topological polar surface area (TPSA) is 12.5 Å². The second kappa shape index (κ2) is 6.36. The molecule has 0 N–H and O–H groups in total. The predicted molar refractivity (Wildman–Crippen MR) is 78.1 cm³/mol. The van der Waals surface area contributed by atoms with E-state index in [2.05, 4.69) is 47.4 Å². The van der Waals surface area contributed by atoms with Gasteiger partial charge in [-0.05, 0) is 30.7 Å². The fraction of sp³-hybridized carbons (Fsp3) is 0.529. The van der Waals surface area contributed by atoms with E-state index in [1.165, 1.54) is 24.8 Å². The van der Waals surface area contributed by atoms with Gasteiger partial charge in [-0.1, -0.05) is 42.5 Å². The fourth-order valence-electron chi connectivity index (χ4n) is 3.34. The maximum atomic E-state index is 5.51. The zero-order chi connectivity index (χ0) is 12.9. The van der Waals surface area contributed by atoms with E-state index >= 15 is 0 Å². The van der Waals surface area contributed by atoms with Crippen molar-refractivity contribution in [2.45, 2.75) is 25.3 Å². The molecule has 1 aromatic carbocycles. The summed E-state index contributed by atoms with van der Waals surface area (Å²) < 4.78 is 5.51. The number of hydrogen-bond acceptors (Lipinski definition) is 2. The van der Waals surface area contributed by atoms with Crippen molar-refractivity contribution in [3.8, 4) is 0 Å². The average Bonchev–Trinajstić information content (AvgIpc) is 2.51.